The molecule has 0 saturated carbocycles. The lowest BCUT2D eigenvalue weighted by Gasteiger charge is -2.29. The van der Waals surface area contributed by atoms with Gasteiger partial charge in [-0.05, 0) is 43.5 Å². The molecule has 0 spiro atoms. The Morgan fingerprint density at radius 1 is 1.29 bits per heavy atom. The van der Waals surface area contributed by atoms with Crippen molar-refractivity contribution in [3.05, 3.63) is 35.4 Å². The number of likely N-dealkylation sites (tertiary alicyclic amines) is 1. The third-order valence-electron chi connectivity index (χ3n) is 4.05. The van der Waals surface area contributed by atoms with E-state index in [9.17, 15) is 4.79 Å². The zero-order chi connectivity index (χ0) is 15.1. The predicted molar refractivity (Wildman–Crippen MR) is 84.0 cm³/mol. The highest BCUT2D eigenvalue weighted by Gasteiger charge is 2.24. The Morgan fingerprint density at radius 3 is 2.71 bits per heavy atom. The number of amides is 1. The molecular formula is C18H23NO2. The molecule has 1 heterocycles. The van der Waals surface area contributed by atoms with Crippen molar-refractivity contribution in [1.82, 2.24) is 4.90 Å². The quantitative estimate of drug-likeness (QED) is 0.849. The standard InChI is InChI=1S/C18H23NO2/c1-2-17-8-4-3-5-13-19(17)18(21)16-11-9-15(10-12-16)7-6-14-20/h9-12,17,20H,2-5,8,13-14H2,1H3. The molecule has 0 aliphatic carbocycles. The van der Waals surface area contributed by atoms with E-state index >= 15 is 0 Å². The van der Waals surface area contributed by atoms with Crippen molar-refractivity contribution in [1.29, 1.82) is 0 Å². The lowest BCUT2D eigenvalue weighted by molar-refractivity contribution is 0.0678. The van der Waals surface area contributed by atoms with Crippen LogP contribution >= 0.6 is 0 Å². The van der Waals surface area contributed by atoms with Crippen LogP contribution in [0.2, 0.25) is 0 Å². The molecule has 0 aromatic heterocycles. The van der Waals surface area contributed by atoms with Gasteiger partial charge in [0.2, 0.25) is 0 Å². The molecule has 1 aliphatic rings. The van der Waals surface area contributed by atoms with Gasteiger partial charge >= 0.3 is 0 Å². The topological polar surface area (TPSA) is 40.5 Å². The Hall–Kier alpha value is -1.79. The summed E-state index contributed by atoms with van der Waals surface area (Å²) in [5.41, 5.74) is 1.55. The van der Waals surface area contributed by atoms with E-state index in [1.165, 1.54) is 12.8 Å². The van der Waals surface area contributed by atoms with Crippen LogP contribution in [0.1, 0.15) is 54.9 Å². The van der Waals surface area contributed by atoms with Crippen LogP contribution in [-0.2, 0) is 0 Å². The van der Waals surface area contributed by atoms with Gasteiger partial charge in [0.05, 0.1) is 0 Å². The SMILES string of the molecule is CCC1CCCCCN1C(=O)c1ccc(C#CCO)cc1. The van der Waals surface area contributed by atoms with Crippen molar-refractivity contribution >= 4 is 5.91 Å². The number of aliphatic hydroxyl groups excluding tert-OH is 1. The van der Waals surface area contributed by atoms with Crippen LogP contribution in [0.15, 0.2) is 24.3 Å². The van der Waals surface area contributed by atoms with Crippen molar-refractivity contribution < 1.29 is 9.90 Å². The minimum Gasteiger partial charge on any atom is -0.384 e. The first-order chi connectivity index (χ1) is 10.3. The van der Waals surface area contributed by atoms with E-state index in [4.69, 9.17) is 5.11 Å². The predicted octanol–water partition coefficient (Wildman–Crippen LogP) is 2.83. The van der Waals surface area contributed by atoms with Gasteiger partial charge in [0, 0.05) is 23.7 Å². The van der Waals surface area contributed by atoms with Gasteiger partial charge < -0.3 is 10.0 Å². The first-order valence-electron chi connectivity index (χ1n) is 7.77. The van der Waals surface area contributed by atoms with E-state index in [-0.39, 0.29) is 12.5 Å². The molecule has 3 nitrogen and oxygen atoms in total. The van der Waals surface area contributed by atoms with Crippen molar-refractivity contribution in [3.8, 4) is 11.8 Å². The first-order valence-corrected chi connectivity index (χ1v) is 7.77. The van der Waals surface area contributed by atoms with Crippen molar-refractivity contribution in [2.75, 3.05) is 13.2 Å². The summed E-state index contributed by atoms with van der Waals surface area (Å²) in [6, 6.07) is 7.72. The van der Waals surface area contributed by atoms with E-state index in [0.29, 0.717) is 6.04 Å². The average Bonchev–Trinajstić information content (AvgIpc) is 2.78. The van der Waals surface area contributed by atoms with Gasteiger partial charge in [0.15, 0.2) is 0 Å². The average molecular weight is 285 g/mol. The van der Waals surface area contributed by atoms with Crippen LogP contribution in [0.4, 0.5) is 0 Å². The van der Waals surface area contributed by atoms with Crippen molar-refractivity contribution in [2.45, 2.75) is 45.1 Å². The molecule has 2 rings (SSSR count). The van der Waals surface area contributed by atoms with Gasteiger partial charge in [-0.3, -0.25) is 4.79 Å². The fourth-order valence-corrected chi connectivity index (χ4v) is 2.87. The summed E-state index contributed by atoms with van der Waals surface area (Å²) in [4.78, 5) is 14.7. The number of aliphatic hydroxyl groups is 1. The van der Waals surface area contributed by atoms with Gasteiger partial charge in [-0.25, -0.2) is 0 Å². The molecule has 1 fully saturated rings. The monoisotopic (exact) mass is 285 g/mol. The van der Waals surface area contributed by atoms with Crippen LogP contribution in [0.25, 0.3) is 0 Å². The maximum Gasteiger partial charge on any atom is 0.254 e. The van der Waals surface area contributed by atoms with E-state index in [1.54, 1.807) is 0 Å². The summed E-state index contributed by atoms with van der Waals surface area (Å²) in [5.74, 6) is 5.59. The third-order valence-corrected chi connectivity index (χ3v) is 4.05. The zero-order valence-corrected chi connectivity index (χ0v) is 12.6. The molecule has 112 valence electrons. The Balaban J connectivity index is 2.14. The highest BCUT2D eigenvalue weighted by Crippen LogP contribution is 2.21. The highest BCUT2D eigenvalue weighted by atomic mass is 16.2. The second-order valence-electron chi connectivity index (χ2n) is 5.45. The van der Waals surface area contributed by atoms with Gasteiger partial charge in [0.1, 0.15) is 6.61 Å². The Labute approximate surface area is 127 Å². The summed E-state index contributed by atoms with van der Waals surface area (Å²) in [7, 11) is 0. The molecule has 1 amide bonds. The number of carbonyl (C=O) groups excluding carboxylic acids is 1. The minimum absolute atomic E-state index is 0.130. The Morgan fingerprint density at radius 2 is 2.05 bits per heavy atom. The summed E-state index contributed by atoms with van der Waals surface area (Å²) < 4.78 is 0. The Bertz CT molecular complexity index is 524. The van der Waals surface area contributed by atoms with Gasteiger partial charge in [-0.1, -0.05) is 31.6 Å². The molecule has 1 aromatic carbocycles. The molecule has 1 unspecified atom stereocenters. The van der Waals surface area contributed by atoms with Crippen LogP contribution in [0, 0.1) is 11.8 Å². The number of hydrogen-bond acceptors (Lipinski definition) is 2. The van der Waals surface area contributed by atoms with E-state index in [0.717, 1.165) is 36.9 Å². The normalized spacial score (nSPS) is 18.6. The molecule has 3 heteroatoms. The number of hydrogen-bond donors (Lipinski definition) is 1. The number of rotatable bonds is 2. The molecule has 21 heavy (non-hydrogen) atoms. The number of carbonyl (C=O) groups is 1. The van der Waals surface area contributed by atoms with Gasteiger partial charge in [-0.2, -0.15) is 0 Å². The maximum absolute atomic E-state index is 12.7. The summed E-state index contributed by atoms with van der Waals surface area (Å²) in [5, 5.41) is 8.69. The van der Waals surface area contributed by atoms with Crippen molar-refractivity contribution in [2.24, 2.45) is 0 Å². The Kier molecular flexibility index (Phi) is 5.83. The summed E-state index contributed by atoms with van der Waals surface area (Å²) >= 11 is 0. The van der Waals surface area contributed by atoms with Crippen LogP contribution < -0.4 is 0 Å². The van der Waals surface area contributed by atoms with Gasteiger partial charge in [-0.15, -0.1) is 0 Å². The van der Waals surface area contributed by atoms with Crippen LogP contribution in [0.3, 0.4) is 0 Å². The van der Waals surface area contributed by atoms with E-state index < -0.39 is 0 Å². The molecule has 1 atom stereocenters. The van der Waals surface area contributed by atoms with E-state index in [2.05, 4.69) is 18.8 Å². The fourth-order valence-electron chi connectivity index (χ4n) is 2.87. The van der Waals surface area contributed by atoms with Gasteiger partial charge in [0.25, 0.3) is 5.91 Å². The third kappa shape index (κ3) is 4.09. The second kappa shape index (κ2) is 7.85. The number of nitrogens with zero attached hydrogens (tertiary/aromatic N) is 1. The van der Waals surface area contributed by atoms with Crippen LogP contribution in [0.5, 0.6) is 0 Å². The summed E-state index contributed by atoms with van der Waals surface area (Å²) in [6.45, 7) is 2.87. The molecule has 0 radical (unpaired) electrons. The molecule has 1 aliphatic heterocycles. The maximum atomic E-state index is 12.7. The molecule has 1 aromatic rings. The lowest BCUT2D eigenvalue weighted by Crippen LogP contribution is -2.39. The summed E-state index contributed by atoms with van der Waals surface area (Å²) in [6.07, 6.45) is 5.67. The highest BCUT2D eigenvalue weighted by molar-refractivity contribution is 5.94. The van der Waals surface area contributed by atoms with Crippen LogP contribution in [-0.4, -0.2) is 35.1 Å². The molecule has 1 saturated heterocycles. The van der Waals surface area contributed by atoms with Crippen molar-refractivity contribution in [3.63, 3.8) is 0 Å². The molecular weight excluding hydrogens is 262 g/mol. The fraction of sp³-hybridized carbons (Fsp3) is 0.500. The number of benzene rings is 1. The largest absolute Gasteiger partial charge is 0.384 e. The zero-order valence-electron chi connectivity index (χ0n) is 12.6. The minimum atomic E-state index is -0.146. The lowest BCUT2D eigenvalue weighted by atomic mass is 10.1. The van der Waals surface area contributed by atoms with E-state index in [1.807, 2.05) is 29.2 Å². The smallest absolute Gasteiger partial charge is 0.254 e. The molecule has 1 N–H and O–H groups in total. The molecule has 0 bridgehead atoms. The second-order valence-corrected chi connectivity index (χ2v) is 5.45. The first kappa shape index (κ1) is 15.6.